The van der Waals surface area contributed by atoms with Crippen LogP contribution < -0.4 is 10.1 Å². The van der Waals surface area contributed by atoms with E-state index in [0.29, 0.717) is 34.0 Å². The highest BCUT2D eigenvalue weighted by atomic mass is 16.5. The first-order chi connectivity index (χ1) is 18.8. The minimum atomic E-state index is -1.03. The molecule has 1 amide bonds. The number of anilines is 1. The molecule has 0 saturated heterocycles. The molecule has 0 aliphatic rings. The summed E-state index contributed by atoms with van der Waals surface area (Å²) in [6, 6.07) is 27.1. The van der Waals surface area contributed by atoms with Crippen LogP contribution in [0.4, 0.5) is 5.69 Å². The molecule has 0 bridgehead atoms. The zero-order chi connectivity index (χ0) is 27.8. The van der Waals surface area contributed by atoms with E-state index in [1.807, 2.05) is 6.07 Å². The van der Waals surface area contributed by atoms with Crippen LogP contribution in [-0.4, -0.2) is 52.8 Å². The highest BCUT2D eigenvalue weighted by molar-refractivity contribution is 6.12. The topological polar surface area (TPSA) is 109 Å². The first-order valence-corrected chi connectivity index (χ1v) is 12.4. The maximum atomic E-state index is 13.0. The Bertz CT molecular complexity index is 1450. The number of para-hydroxylation sites is 1. The van der Waals surface area contributed by atoms with E-state index < -0.39 is 12.0 Å². The molecule has 0 aliphatic heterocycles. The molecule has 4 rings (SSSR count). The number of ketones is 1. The highest BCUT2D eigenvalue weighted by Gasteiger charge is 2.21. The molecule has 3 aromatic carbocycles. The smallest absolute Gasteiger partial charge is 0.326 e. The van der Waals surface area contributed by atoms with Gasteiger partial charge in [-0.1, -0.05) is 60.7 Å². The predicted octanol–water partition coefficient (Wildman–Crippen LogP) is 4.70. The molecule has 0 unspecified atom stereocenters. The Morgan fingerprint density at radius 3 is 2.26 bits per heavy atom. The van der Waals surface area contributed by atoms with Crippen molar-refractivity contribution in [2.24, 2.45) is 0 Å². The van der Waals surface area contributed by atoms with E-state index in [9.17, 15) is 19.5 Å². The van der Waals surface area contributed by atoms with Gasteiger partial charge in [0.25, 0.3) is 5.91 Å². The fourth-order valence-electron chi connectivity index (χ4n) is 3.96. The fourth-order valence-corrected chi connectivity index (χ4v) is 3.96. The van der Waals surface area contributed by atoms with Crippen LogP contribution in [0.15, 0.2) is 97.1 Å². The van der Waals surface area contributed by atoms with Gasteiger partial charge in [0.05, 0.1) is 5.69 Å². The van der Waals surface area contributed by atoms with Crippen LogP contribution in [0.3, 0.4) is 0 Å². The lowest BCUT2D eigenvalue weighted by Crippen LogP contribution is -2.32. The molecule has 0 radical (unpaired) electrons. The SMILES string of the molecule is CN(C)C(=O)c1cccc(COc2ccc(C[C@H](Nc3ccccc3C(=O)c3ccccc3)C(=O)O)cc2)n1. The Hall–Kier alpha value is -4.98. The number of carboxylic acids is 1. The number of carbonyl (C=O) groups is 3. The average Bonchev–Trinajstić information content (AvgIpc) is 2.96. The monoisotopic (exact) mass is 523 g/mol. The van der Waals surface area contributed by atoms with E-state index >= 15 is 0 Å². The number of amides is 1. The molecule has 8 heteroatoms. The molecule has 1 atom stereocenters. The average molecular weight is 524 g/mol. The van der Waals surface area contributed by atoms with Gasteiger partial charge in [0.15, 0.2) is 5.78 Å². The molecular formula is C31H29N3O5. The first kappa shape index (κ1) is 27.1. The first-order valence-electron chi connectivity index (χ1n) is 12.4. The third kappa shape index (κ3) is 7.07. The van der Waals surface area contributed by atoms with Crippen LogP contribution in [0, 0.1) is 0 Å². The normalized spacial score (nSPS) is 11.3. The van der Waals surface area contributed by atoms with Gasteiger partial charge < -0.3 is 20.1 Å². The number of ether oxygens (including phenoxy) is 1. The van der Waals surface area contributed by atoms with Gasteiger partial charge in [-0.15, -0.1) is 0 Å². The lowest BCUT2D eigenvalue weighted by atomic mass is 10.00. The summed E-state index contributed by atoms with van der Waals surface area (Å²) in [7, 11) is 3.34. The van der Waals surface area contributed by atoms with Crippen molar-refractivity contribution in [3.05, 3.63) is 125 Å². The number of nitrogens with one attached hydrogen (secondary N) is 1. The van der Waals surface area contributed by atoms with Crippen LogP contribution in [0.5, 0.6) is 5.75 Å². The second kappa shape index (κ2) is 12.5. The van der Waals surface area contributed by atoms with Crippen LogP contribution in [0.1, 0.15) is 37.7 Å². The summed E-state index contributed by atoms with van der Waals surface area (Å²) >= 11 is 0. The van der Waals surface area contributed by atoms with E-state index in [4.69, 9.17) is 4.74 Å². The van der Waals surface area contributed by atoms with Gasteiger partial charge >= 0.3 is 5.97 Å². The van der Waals surface area contributed by atoms with E-state index in [2.05, 4.69) is 10.3 Å². The standard InChI is InChI=1S/C31H29N3O5/c1-34(2)30(36)27-14-8-11-23(32-27)20-39-24-17-15-21(16-18-24)19-28(31(37)38)33-26-13-7-6-12-25(26)29(35)22-9-4-3-5-10-22/h3-18,28,33H,19-20H2,1-2H3,(H,37,38)/t28-/m0/s1. The number of carboxylic acid groups (broad SMARTS) is 1. The Kier molecular flexibility index (Phi) is 8.68. The molecule has 4 aromatic rings. The summed E-state index contributed by atoms with van der Waals surface area (Å²) in [4.78, 5) is 43.1. The third-order valence-electron chi connectivity index (χ3n) is 6.02. The van der Waals surface area contributed by atoms with Crippen molar-refractivity contribution >= 4 is 23.3 Å². The number of hydrogen-bond donors (Lipinski definition) is 2. The van der Waals surface area contributed by atoms with E-state index in [1.165, 1.54) is 4.90 Å². The fraction of sp³-hybridized carbons (Fsp3) is 0.161. The second-order valence-corrected chi connectivity index (χ2v) is 9.13. The van der Waals surface area contributed by atoms with Gasteiger partial charge in [-0.05, 0) is 42.0 Å². The van der Waals surface area contributed by atoms with Gasteiger partial charge in [0.1, 0.15) is 24.1 Å². The second-order valence-electron chi connectivity index (χ2n) is 9.13. The Balaban J connectivity index is 1.41. The minimum absolute atomic E-state index is 0.180. The van der Waals surface area contributed by atoms with Crippen molar-refractivity contribution in [2.45, 2.75) is 19.1 Å². The van der Waals surface area contributed by atoms with Crippen molar-refractivity contribution in [2.75, 3.05) is 19.4 Å². The number of rotatable bonds is 11. The van der Waals surface area contributed by atoms with Crippen molar-refractivity contribution in [3.8, 4) is 5.75 Å². The zero-order valence-corrected chi connectivity index (χ0v) is 21.7. The summed E-state index contributed by atoms with van der Waals surface area (Å²) in [6.07, 6.45) is 0.194. The van der Waals surface area contributed by atoms with E-state index in [1.54, 1.807) is 105 Å². The minimum Gasteiger partial charge on any atom is -0.487 e. The quantitative estimate of drug-likeness (QED) is 0.274. The van der Waals surface area contributed by atoms with Gasteiger partial charge in [-0.3, -0.25) is 9.59 Å². The van der Waals surface area contributed by atoms with Crippen LogP contribution in [0.2, 0.25) is 0 Å². The maximum absolute atomic E-state index is 13.0. The molecule has 0 saturated carbocycles. The lowest BCUT2D eigenvalue weighted by Gasteiger charge is -2.18. The molecule has 1 aromatic heterocycles. The molecule has 8 nitrogen and oxygen atoms in total. The van der Waals surface area contributed by atoms with Crippen LogP contribution >= 0.6 is 0 Å². The van der Waals surface area contributed by atoms with Crippen molar-refractivity contribution in [1.82, 2.24) is 9.88 Å². The number of nitrogens with zero attached hydrogens (tertiary/aromatic N) is 2. The van der Waals surface area contributed by atoms with E-state index in [0.717, 1.165) is 5.56 Å². The molecule has 1 heterocycles. The Morgan fingerprint density at radius 2 is 1.56 bits per heavy atom. The van der Waals surface area contributed by atoms with Gasteiger partial charge in [-0.2, -0.15) is 0 Å². The molecule has 0 aliphatic carbocycles. The summed E-state index contributed by atoms with van der Waals surface area (Å²) in [5, 5.41) is 12.9. The van der Waals surface area contributed by atoms with E-state index in [-0.39, 0.29) is 24.7 Å². The zero-order valence-electron chi connectivity index (χ0n) is 21.7. The number of aromatic nitrogens is 1. The highest BCUT2D eigenvalue weighted by Crippen LogP contribution is 2.22. The summed E-state index contributed by atoms with van der Waals surface area (Å²) in [5.74, 6) is -0.815. The number of pyridine rings is 1. The largest absolute Gasteiger partial charge is 0.487 e. The maximum Gasteiger partial charge on any atom is 0.326 e. The summed E-state index contributed by atoms with van der Waals surface area (Å²) in [5.41, 5.74) is 3.14. The summed E-state index contributed by atoms with van der Waals surface area (Å²) in [6.45, 7) is 0.180. The molecule has 39 heavy (non-hydrogen) atoms. The number of aliphatic carboxylic acids is 1. The van der Waals surface area contributed by atoms with Crippen molar-refractivity contribution in [3.63, 3.8) is 0 Å². The Labute approximate surface area is 226 Å². The Morgan fingerprint density at radius 1 is 0.872 bits per heavy atom. The molecule has 0 fully saturated rings. The number of benzene rings is 3. The molecule has 198 valence electrons. The van der Waals surface area contributed by atoms with Crippen LogP contribution in [0.25, 0.3) is 0 Å². The van der Waals surface area contributed by atoms with Gasteiger partial charge in [0.2, 0.25) is 0 Å². The lowest BCUT2D eigenvalue weighted by molar-refractivity contribution is -0.137. The van der Waals surface area contributed by atoms with Gasteiger partial charge in [0, 0.05) is 37.3 Å². The summed E-state index contributed by atoms with van der Waals surface area (Å²) < 4.78 is 5.82. The predicted molar refractivity (Wildman–Crippen MR) is 148 cm³/mol. The van der Waals surface area contributed by atoms with Crippen molar-refractivity contribution in [1.29, 1.82) is 0 Å². The van der Waals surface area contributed by atoms with Gasteiger partial charge in [-0.25, -0.2) is 9.78 Å². The third-order valence-corrected chi connectivity index (χ3v) is 6.02. The van der Waals surface area contributed by atoms with Crippen LogP contribution in [-0.2, 0) is 17.8 Å². The number of carbonyl (C=O) groups excluding carboxylic acids is 2. The van der Waals surface area contributed by atoms with Crippen molar-refractivity contribution < 1.29 is 24.2 Å². The number of hydrogen-bond acceptors (Lipinski definition) is 6. The molecular weight excluding hydrogens is 494 g/mol. The molecule has 2 N–H and O–H groups in total. The molecule has 0 spiro atoms.